The lowest BCUT2D eigenvalue weighted by Gasteiger charge is -2.14. The Morgan fingerprint density at radius 2 is 2.25 bits per heavy atom. The number of nitrogens with zero attached hydrogens (tertiary/aromatic N) is 1. The number of carbonyl (C=O) groups excluding carboxylic acids is 1. The molecule has 4 nitrogen and oxygen atoms in total. The van der Waals surface area contributed by atoms with Crippen LogP contribution < -0.4 is 10.6 Å². The average Bonchev–Trinajstić information content (AvgIpc) is 2.85. The van der Waals surface area contributed by atoms with Crippen LogP contribution in [0.3, 0.4) is 0 Å². The van der Waals surface area contributed by atoms with Crippen molar-refractivity contribution in [3.63, 3.8) is 0 Å². The number of pyridine rings is 1. The van der Waals surface area contributed by atoms with Crippen LogP contribution in [-0.2, 0) is 0 Å². The summed E-state index contributed by atoms with van der Waals surface area (Å²) in [6.07, 6.45) is 1.64. The molecule has 0 aliphatic carbocycles. The van der Waals surface area contributed by atoms with Gasteiger partial charge in [0.15, 0.2) is 0 Å². The van der Waals surface area contributed by atoms with Gasteiger partial charge in [0.25, 0.3) is 5.91 Å². The maximum absolute atomic E-state index is 12.3. The van der Waals surface area contributed by atoms with Crippen LogP contribution in [-0.4, -0.2) is 17.9 Å². The molecule has 0 aromatic carbocycles. The fraction of sp³-hybridized carbons (Fsp3) is 0.231. The number of aromatic nitrogens is 1. The van der Waals surface area contributed by atoms with E-state index in [4.69, 9.17) is 11.6 Å². The molecule has 0 aliphatic heterocycles. The largest absolute Gasteiger partial charge is 0.372 e. The minimum Gasteiger partial charge on any atom is -0.372 e. The first-order chi connectivity index (χ1) is 9.51. The Labute approximate surface area is 134 Å². The summed E-state index contributed by atoms with van der Waals surface area (Å²) < 4.78 is 1.47. The molecular weight excluding hydrogens is 362 g/mol. The van der Waals surface area contributed by atoms with Crippen LogP contribution in [0.1, 0.15) is 28.2 Å². The molecule has 1 atom stereocenters. The molecule has 2 N–H and O–H groups in total. The normalized spacial score (nSPS) is 12.0. The Hall–Kier alpha value is -1.11. The van der Waals surface area contributed by atoms with Gasteiger partial charge >= 0.3 is 0 Å². The van der Waals surface area contributed by atoms with Crippen LogP contribution in [0.4, 0.5) is 5.82 Å². The third-order valence-corrected chi connectivity index (χ3v) is 4.55. The smallest absolute Gasteiger partial charge is 0.255 e. The summed E-state index contributed by atoms with van der Waals surface area (Å²) in [5.74, 6) is 0.363. The van der Waals surface area contributed by atoms with E-state index in [0.717, 1.165) is 9.35 Å². The molecule has 7 heteroatoms. The highest BCUT2D eigenvalue weighted by molar-refractivity contribution is 9.10. The third kappa shape index (κ3) is 3.50. The van der Waals surface area contributed by atoms with Gasteiger partial charge in [-0.15, -0.1) is 11.3 Å². The Morgan fingerprint density at radius 1 is 1.50 bits per heavy atom. The monoisotopic (exact) mass is 373 g/mol. The first-order valence-electron chi connectivity index (χ1n) is 5.90. The number of nitrogens with one attached hydrogen (secondary N) is 2. The molecular formula is C13H13BrClN3OS. The van der Waals surface area contributed by atoms with Gasteiger partial charge in [0.05, 0.1) is 15.9 Å². The van der Waals surface area contributed by atoms with Crippen LogP contribution in [0.25, 0.3) is 0 Å². The van der Waals surface area contributed by atoms with E-state index in [0.29, 0.717) is 15.7 Å². The van der Waals surface area contributed by atoms with E-state index in [1.165, 1.54) is 11.3 Å². The molecule has 2 rings (SSSR count). The predicted octanol–water partition coefficient (Wildman–Crippen LogP) is 4.09. The summed E-state index contributed by atoms with van der Waals surface area (Å²) in [5, 5.41) is 5.85. The van der Waals surface area contributed by atoms with E-state index < -0.39 is 0 Å². The van der Waals surface area contributed by atoms with Crippen molar-refractivity contribution in [2.45, 2.75) is 13.0 Å². The number of carbonyl (C=O) groups is 1. The molecule has 0 aliphatic rings. The second-order valence-electron chi connectivity index (χ2n) is 4.14. The lowest BCUT2D eigenvalue weighted by atomic mass is 10.2. The van der Waals surface area contributed by atoms with Crippen molar-refractivity contribution in [1.82, 2.24) is 10.3 Å². The minimum atomic E-state index is -0.180. The van der Waals surface area contributed by atoms with E-state index in [1.807, 2.05) is 19.1 Å². The van der Waals surface area contributed by atoms with Gasteiger partial charge in [-0.25, -0.2) is 4.98 Å². The second-order valence-corrected chi connectivity index (χ2v) is 6.80. The van der Waals surface area contributed by atoms with E-state index in [1.54, 1.807) is 19.3 Å². The molecule has 1 amide bonds. The molecule has 0 saturated heterocycles. The topological polar surface area (TPSA) is 54.0 Å². The van der Waals surface area contributed by atoms with Gasteiger partial charge in [-0.05, 0) is 41.1 Å². The highest BCUT2D eigenvalue weighted by atomic mass is 79.9. The Balaban J connectivity index is 2.18. The van der Waals surface area contributed by atoms with E-state index in [-0.39, 0.29) is 11.9 Å². The zero-order chi connectivity index (χ0) is 14.7. The zero-order valence-electron chi connectivity index (χ0n) is 10.9. The fourth-order valence-electron chi connectivity index (χ4n) is 1.72. The molecule has 0 radical (unpaired) electrons. The van der Waals surface area contributed by atoms with E-state index in [9.17, 15) is 4.79 Å². The lowest BCUT2D eigenvalue weighted by Crippen LogP contribution is -2.27. The van der Waals surface area contributed by atoms with Crippen molar-refractivity contribution >= 4 is 50.6 Å². The molecule has 1 unspecified atom stereocenters. The van der Waals surface area contributed by atoms with Crippen molar-refractivity contribution < 1.29 is 4.79 Å². The number of thiophene rings is 1. The molecule has 20 heavy (non-hydrogen) atoms. The number of rotatable bonds is 4. The molecule has 0 spiro atoms. The van der Waals surface area contributed by atoms with Crippen molar-refractivity contribution in [2.24, 2.45) is 0 Å². The van der Waals surface area contributed by atoms with E-state index in [2.05, 4.69) is 31.5 Å². The van der Waals surface area contributed by atoms with Crippen LogP contribution >= 0.6 is 38.9 Å². The number of anilines is 1. The van der Waals surface area contributed by atoms with Crippen LogP contribution in [0.5, 0.6) is 0 Å². The highest BCUT2D eigenvalue weighted by Crippen LogP contribution is 2.27. The van der Waals surface area contributed by atoms with Crippen LogP contribution in [0, 0.1) is 0 Å². The van der Waals surface area contributed by atoms with Gasteiger partial charge in [0.1, 0.15) is 5.82 Å². The van der Waals surface area contributed by atoms with Gasteiger partial charge in [0, 0.05) is 22.6 Å². The van der Waals surface area contributed by atoms with Crippen LogP contribution in [0.2, 0.25) is 4.34 Å². The minimum absolute atomic E-state index is 0.108. The lowest BCUT2D eigenvalue weighted by molar-refractivity contribution is 0.0941. The summed E-state index contributed by atoms with van der Waals surface area (Å²) >= 11 is 10.7. The van der Waals surface area contributed by atoms with Crippen molar-refractivity contribution in [1.29, 1.82) is 0 Å². The van der Waals surface area contributed by atoms with Crippen molar-refractivity contribution in [2.75, 3.05) is 12.4 Å². The maximum atomic E-state index is 12.3. The number of halogens is 2. The Bertz CT molecular complexity index is 632. The fourth-order valence-corrected chi connectivity index (χ4v) is 3.11. The Kier molecular flexibility index (Phi) is 5.01. The van der Waals surface area contributed by atoms with E-state index >= 15 is 0 Å². The van der Waals surface area contributed by atoms with Crippen LogP contribution in [0.15, 0.2) is 28.9 Å². The summed E-state index contributed by atoms with van der Waals surface area (Å²) in [6, 6.07) is 5.37. The molecule has 0 saturated carbocycles. The molecule has 0 fully saturated rings. The maximum Gasteiger partial charge on any atom is 0.255 e. The molecule has 0 bridgehead atoms. The molecule has 2 aromatic rings. The van der Waals surface area contributed by atoms with Gasteiger partial charge in [-0.3, -0.25) is 4.79 Å². The quantitative estimate of drug-likeness (QED) is 0.847. The third-order valence-electron chi connectivity index (χ3n) is 2.70. The summed E-state index contributed by atoms with van der Waals surface area (Å²) in [5.41, 5.74) is 0.497. The van der Waals surface area contributed by atoms with Crippen molar-refractivity contribution in [3.05, 3.63) is 43.6 Å². The first kappa shape index (κ1) is 15.3. The predicted molar refractivity (Wildman–Crippen MR) is 86.7 cm³/mol. The van der Waals surface area contributed by atoms with Gasteiger partial charge in [-0.2, -0.15) is 0 Å². The summed E-state index contributed by atoms with van der Waals surface area (Å²) in [7, 11) is 1.73. The zero-order valence-corrected chi connectivity index (χ0v) is 14.1. The molecule has 106 valence electrons. The number of hydrogen-bond acceptors (Lipinski definition) is 4. The summed E-state index contributed by atoms with van der Waals surface area (Å²) in [4.78, 5) is 17.5. The molecule has 2 aromatic heterocycles. The SMILES string of the molecule is CNc1ncc(Br)cc1C(=O)NC(C)c1ccc(Cl)s1. The molecule has 2 heterocycles. The standard InChI is InChI=1S/C13H13BrClN3OS/c1-7(10-3-4-11(15)20-10)18-13(19)9-5-8(14)6-17-12(9)16-2/h3-7H,1-2H3,(H,16,17)(H,18,19). The van der Waals surface area contributed by atoms with Gasteiger partial charge in [0.2, 0.25) is 0 Å². The average molecular weight is 375 g/mol. The van der Waals surface area contributed by atoms with Crippen molar-refractivity contribution in [3.8, 4) is 0 Å². The number of hydrogen-bond donors (Lipinski definition) is 2. The Morgan fingerprint density at radius 3 is 2.85 bits per heavy atom. The highest BCUT2D eigenvalue weighted by Gasteiger charge is 2.16. The van der Waals surface area contributed by atoms with Gasteiger partial charge < -0.3 is 10.6 Å². The summed E-state index contributed by atoms with van der Waals surface area (Å²) in [6.45, 7) is 1.92. The second kappa shape index (κ2) is 6.56. The number of amides is 1. The first-order valence-corrected chi connectivity index (χ1v) is 7.89. The van der Waals surface area contributed by atoms with Gasteiger partial charge in [-0.1, -0.05) is 11.6 Å².